The Labute approximate surface area is 131 Å². The molecule has 2 aromatic rings. The molecule has 0 aromatic heterocycles. The van der Waals surface area contributed by atoms with Crippen LogP contribution in [-0.2, 0) is 6.54 Å². The molecule has 21 heavy (non-hydrogen) atoms. The predicted octanol–water partition coefficient (Wildman–Crippen LogP) is 4.52. The molecule has 0 heterocycles. The highest BCUT2D eigenvalue weighted by molar-refractivity contribution is 7.99. The number of hydrogen-bond acceptors (Lipinski definition) is 3. The van der Waals surface area contributed by atoms with E-state index < -0.39 is 0 Å². The van der Waals surface area contributed by atoms with Crippen molar-refractivity contribution in [3.05, 3.63) is 59.2 Å². The molecule has 108 valence electrons. The van der Waals surface area contributed by atoms with Crippen molar-refractivity contribution in [1.82, 2.24) is 5.32 Å². The largest absolute Gasteiger partial charge is 0.313 e. The van der Waals surface area contributed by atoms with Gasteiger partial charge < -0.3 is 5.32 Å². The molecular weight excluding hydrogens is 276 g/mol. The molecule has 0 aliphatic carbocycles. The lowest BCUT2D eigenvalue weighted by atomic mass is 10.1. The Balaban J connectivity index is 2.15. The molecule has 0 aliphatic heterocycles. The Kier molecular flexibility index (Phi) is 5.86. The molecule has 0 spiro atoms. The lowest BCUT2D eigenvalue weighted by Crippen LogP contribution is -2.13. The Morgan fingerprint density at radius 3 is 2.76 bits per heavy atom. The normalized spacial score (nSPS) is 10.3. The van der Waals surface area contributed by atoms with Crippen LogP contribution in [0.15, 0.2) is 52.3 Å². The van der Waals surface area contributed by atoms with E-state index in [-0.39, 0.29) is 0 Å². The molecule has 0 saturated carbocycles. The zero-order valence-electron chi connectivity index (χ0n) is 12.5. The summed E-state index contributed by atoms with van der Waals surface area (Å²) in [5.41, 5.74) is 3.14. The van der Waals surface area contributed by atoms with E-state index in [4.69, 9.17) is 0 Å². The van der Waals surface area contributed by atoms with E-state index in [1.54, 1.807) is 11.8 Å². The molecule has 0 amide bonds. The number of hydrogen-bond donors (Lipinski definition) is 1. The number of aryl methyl sites for hydroxylation is 1. The molecule has 0 aliphatic rings. The molecule has 0 fully saturated rings. The van der Waals surface area contributed by atoms with Crippen LogP contribution in [0.3, 0.4) is 0 Å². The van der Waals surface area contributed by atoms with E-state index >= 15 is 0 Å². The fraction of sp³-hybridized carbons (Fsp3) is 0.278. The Bertz CT molecular complexity index is 644. The molecule has 0 atom stereocenters. The van der Waals surface area contributed by atoms with E-state index in [2.05, 4.69) is 55.6 Å². The topological polar surface area (TPSA) is 35.8 Å². The summed E-state index contributed by atoms with van der Waals surface area (Å²) < 4.78 is 0. The van der Waals surface area contributed by atoms with E-state index in [0.29, 0.717) is 0 Å². The van der Waals surface area contributed by atoms with Gasteiger partial charge in [-0.25, -0.2) is 0 Å². The van der Waals surface area contributed by atoms with Crippen molar-refractivity contribution in [3.63, 3.8) is 0 Å². The molecule has 0 bridgehead atoms. The lowest BCUT2D eigenvalue weighted by molar-refractivity contribution is 0.675. The van der Waals surface area contributed by atoms with E-state index in [1.807, 2.05) is 12.1 Å². The van der Waals surface area contributed by atoms with Crippen molar-refractivity contribution < 1.29 is 0 Å². The van der Waals surface area contributed by atoms with Gasteiger partial charge >= 0.3 is 0 Å². The van der Waals surface area contributed by atoms with Gasteiger partial charge in [-0.2, -0.15) is 5.26 Å². The third kappa shape index (κ3) is 4.63. The molecule has 2 rings (SSSR count). The van der Waals surface area contributed by atoms with Gasteiger partial charge in [0, 0.05) is 16.3 Å². The summed E-state index contributed by atoms with van der Waals surface area (Å²) in [7, 11) is 0. The van der Waals surface area contributed by atoms with Crippen LogP contribution in [0, 0.1) is 18.3 Å². The molecular formula is C18H20N2S. The summed E-state index contributed by atoms with van der Waals surface area (Å²) in [5.74, 6) is 0. The highest BCUT2D eigenvalue weighted by Crippen LogP contribution is 2.31. The highest BCUT2D eigenvalue weighted by Gasteiger charge is 2.06. The lowest BCUT2D eigenvalue weighted by Gasteiger charge is -2.08. The molecule has 2 aromatic carbocycles. The van der Waals surface area contributed by atoms with Crippen LogP contribution in [-0.4, -0.2) is 6.54 Å². The number of nitrogens with zero attached hydrogens (tertiary/aromatic N) is 1. The Hall–Kier alpha value is -1.76. The third-order valence-corrected chi connectivity index (χ3v) is 4.20. The number of nitrogens with one attached hydrogen (secondary N) is 1. The van der Waals surface area contributed by atoms with E-state index in [1.165, 1.54) is 10.5 Å². The first-order chi connectivity index (χ1) is 10.2. The first-order valence-electron chi connectivity index (χ1n) is 7.21. The number of nitriles is 1. The summed E-state index contributed by atoms with van der Waals surface area (Å²) in [6, 6.07) is 16.8. The van der Waals surface area contributed by atoms with Crippen molar-refractivity contribution in [2.75, 3.05) is 6.54 Å². The standard InChI is InChI=1S/C18H20N2S/c1-3-9-20-13-15-7-8-18(16(11-15)12-19)21-17-6-4-5-14(2)10-17/h4-8,10-11,20H,3,9,13H2,1-2H3. The van der Waals surface area contributed by atoms with Crippen molar-refractivity contribution >= 4 is 11.8 Å². The Morgan fingerprint density at radius 2 is 2.05 bits per heavy atom. The minimum absolute atomic E-state index is 0.748. The third-order valence-electron chi connectivity index (χ3n) is 3.14. The average Bonchev–Trinajstić information content (AvgIpc) is 2.49. The first kappa shape index (κ1) is 15.6. The smallest absolute Gasteiger partial charge is 0.100 e. The van der Waals surface area contributed by atoms with Gasteiger partial charge in [0.05, 0.1) is 5.56 Å². The molecule has 0 unspecified atom stereocenters. The predicted molar refractivity (Wildman–Crippen MR) is 88.5 cm³/mol. The van der Waals surface area contributed by atoms with Gasteiger partial charge in [-0.3, -0.25) is 0 Å². The second-order valence-corrected chi connectivity index (χ2v) is 6.15. The highest BCUT2D eigenvalue weighted by atomic mass is 32.2. The van der Waals surface area contributed by atoms with Crippen LogP contribution in [0.25, 0.3) is 0 Å². The second-order valence-electron chi connectivity index (χ2n) is 5.04. The molecule has 3 heteroatoms. The summed E-state index contributed by atoms with van der Waals surface area (Å²) in [4.78, 5) is 2.19. The van der Waals surface area contributed by atoms with Gasteiger partial charge in [-0.15, -0.1) is 0 Å². The maximum absolute atomic E-state index is 9.36. The van der Waals surface area contributed by atoms with Gasteiger partial charge in [0.1, 0.15) is 6.07 Å². The summed E-state index contributed by atoms with van der Waals surface area (Å²) in [6.07, 6.45) is 1.12. The van der Waals surface area contributed by atoms with Crippen molar-refractivity contribution in [3.8, 4) is 6.07 Å². The summed E-state index contributed by atoms with van der Waals surface area (Å²) in [6.45, 7) is 6.05. The van der Waals surface area contributed by atoms with E-state index in [9.17, 15) is 5.26 Å². The molecule has 2 nitrogen and oxygen atoms in total. The monoisotopic (exact) mass is 296 g/mol. The zero-order chi connectivity index (χ0) is 15.1. The second kappa shape index (κ2) is 7.87. The summed E-state index contributed by atoms with van der Waals surface area (Å²) >= 11 is 1.65. The zero-order valence-corrected chi connectivity index (χ0v) is 13.3. The van der Waals surface area contributed by atoms with Crippen molar-refractivity contribution in [2.24, 2.45) is 0 Å². The summed E-state index contributed by atoms with van der Waals surface area (Å²) in [5, 5.41) is 12.7. The maximum atomic E-state index is 9.36. The SMILES string of the molecule is CCCNCc1ccc(Sc2cccc(C)c2)c(C#N)c1. The fourth-order valence-corrected chi connectivity index (χ4v) is 3.07. The van der Waals surface area contributed by atoms with E-state index in [0.717, 1.165) is 35.5 Å². The minimum Gasteiger partial charge on any atom is -0.313 e. The average molecular weight is 296 g/mol. The Morgan fingerprint density at radius 1 is 1.19 bits per heavy atom. The van der Waals surface area contributed by atoms with Crippen LogP contribution in [0.1, 0.15) is 30.0 Å². The maximum Gasteiger partial charge on any atom is 0.100 e. The van der Waals surface area contributed by atoms with Crippen LogP contribution in [0.2, 0.25) is 0 Å². The number of benzene rings is 2. The van der Waals surface area contributed by atoms with Gasteiger partial charge in [0.15, 0.2) is 0 Å². The van der Waals surface area contributed by atoms with Gasteiger partial charge in [0.25, 0.3) is 0 Å². The van der Waals surface area contributed by atoms with Gasteiger partial charge in [-0.1, -0.05) is 42.4 Å². The molecule has 0 radical (unpaired) electrons. The minimum atomic E-state index is 0.748. The van der Waals surface area contributed by atoms with Gasteiger partial charge in [-0.05, 0) is 49.7 Å². The van der Waals surface area contributed by atoms with Crippen LogP contribution in [0.5, 0.6) is 0 Å². The number of rotatable bonds is 6. The van der Waals surface area contributed by atoms with Crippen molar-refractivity contribution in [2.45, 2.75) is 36.6 Å². The van der Waals surface area contributed by atoms with Crippen LogP contribution < -0.4 is 5.32 Å². The van der Waals surface area contributed by atoms with Crippen LogP contribution >= 0.6 is 11.8 Å². The first-order valence-corrected chi connectivity index (χ1v) is 8.03. The fourth-order valence-electron chi connectivity index (χ4n) is 2.08. The van der Waals surface area contributed by atoms with Crippen LogP contribution in [0.4, 0.5) is 0 Å². The van der Waals surface area contributed by atoms with Crippen molar-refractivity contribution in [1.29, 1.82) is 5.26 Å². The van der Waals surface area contributed by atoms with Gasteiger partial charge in [0.2, 0.25) is 0 Å². The molecule has 0 saturated heterocycles. The quantitative estimate of drug-likeness (QED) is 0.796. The molecule has 1 N–H and O–H groups in total.